The topological polar surface area (TPSA) is 21.3 Å². The van der Waals surface area contributed by atoms with Gasteiger partial charge in [0, 0.05) is 17.6 Å². The first-order valence-corrected chi connectivity index (χ1v) is 7.60. The van der Waals surface area contributed by atoms with E-state index < -0.39 is 0 Å². The average Bonchev–Trinajstić information content (AvgIpc) is 2.43. The van der Waals surface area contributed by atoms with Crippen LogP contribution in [-0.2, 0) is 6.54 Å². The Morgan fingerprint density at radius 1 is 1.00 bits per heavy atom. The smallest absolute Gasteiger partial charge is 0.131 e. The number of rotatable bonds is 5. The van der Waals surface area contributed by atoms with Crippen LogP contribution in [0.5, 0.6) is 11.5 Å². The van der Waals surface area contributed by atoms with E-state index in [1.165, 1.54) is 5.56 Å². The second kappa shape index (κ2) is 6.97. The minimum atomic E-state index is 0.482. The lowest BCUT2D eigenvalue weighted by Crippen LogP contribution is -2.21. The highest BCUT2D eigenvalue weighted by atomic mass is 35.5. The molecule has 0 radical (unpaired) electrons. The molecule has 0 aliphatic rings. The van der Waals surface area contributed by atoms with Crippen molar-refractivity contribution in [3.05, 3.63) is 58.1 Å². The quantitative estimate of drug-likeness (QED) is 0.815. The maximum atomic E-state index is 6.03. The fourth-order valence-corrected chi connectivity index (χ4v) is 2.22. The van der Waals surface area contributed by atoms with Crippen LogP contribution in [0.25, 0.3) is 0 Å². The summed E-state index contributed by atoms with van der Waals surface area (Å²) in [5.41, 5.74) is 3.46. The van der Waals surface area contributed by atoms with Gasteiger partial charge in [0.1, 0.15) is 11.5 Å². The summed E-state index contributed by atoms with van der Waals surface area (Å²) in [6, 6.07) is 12.4. The molecule has 21 heavy (non-hydrogen) atoms. The molecule has 3 heteroatoms. The standard InChI is InChI=1S/C18H22ClNO/c1-12(2)20-11-15-6-8-17(14(4)9-15)21-18-10-16(19)7-5-13(18)3/h5-10,12,20H,11H2,1-4H3. The highest BCUT2D eigenvalue weighted by Gasteiger charge is 2.06. The predicted molar refractivity (Wildman–Crippen MR) is 89.4 cm³/mol. The Hall–Kier alpha value is -1.51. The van der Waals surface area contributed by atoms with E-state index in [9.17, 15) is 0 Å². The van der Waals surface area contributed by atoms with E-state index in [-0.39, 0.29) is 0 Å². The van der Waals surface area contributed by atoms with Crippen molar-refractivity contribution in [1.29, 1.82) is 0 Å². The van der Waals surface area contributed by atoms with Gasteiger partial charge in [-0.3, -0.25) is 0 Å². The summed E-state index contributed by atoms with van der Waals surface area (Å²) >= 11 is 6.03. The highest BCUT2D eigenvalue weighted by Crippen LogP contribution is 2.30. The molecule has 0 bridgehead atoms. The predicted octanol–water partition coefficient (Wildman–Crippen LogP) is 5.25. The van der Waals surface area contributed by atoms with Crippen LogP contribution in [0.1, 0.15) is 30.5 Å². The number of hydrogen-bond donors (Lipinski definition) is 1. The largest absolute Gasteiger partial charge is 0.457 e. The summed E-state index contributed by atoms with van der Waals surface area (Å²) in [4.78, 5) is 0. The zero-order chi connectivity index (χ0) is 15.4. The molecular formula is C18H22ClNO. The summed E-state index contributed by atoms with van der Waals surface area (Å²) in [7, 11) is 0. The van der Waals surface area contributed by atoms with Crippen LogP contribution in [-0.4, -0.2) is 6.04 Å². The number of benzene rings is 2. The van der Waals surface area contributed by atoms with Crippen molar-refractivity contribution in [1.82, 2.24) is 5.32 Å². The van der Waals surface area contributed by atoms with Crippen molar-refractivity contribution in [2.45, 2.75) is 40.3 Å². The van der Waals surface area contributed by atoms with Crippen LogP contribution >= 0.6 is 11.6 Å². The number of nitrogens with one attached hydrogen (secondary N) is 1. The molecule has 2 aromatic carbocycles. The molecule has 0 aliphatic carbocycles. The van der Waals surface area contributed by atoms with Gasteiger partial charge in [0.05, 0.1) is 0 Å². The Morgan fingerprint density at radius 3 is 2.43 bits per heavy atom. The normalized spacial score (nSPS) is 11.0. The molecule has 1 N–H and O–H groups in total. The van der Waals surface area contributed by atoms with Gasteiger partial charge >= 0.3 is 0 Å². The number of aryl methyl sites for hydroxylation is 2. The molecule has 0 amide bonds. The fraction of sp³-hybridized carbons (Fsp3) is 0.333. The van der Waals surface area contributed by atoms with Gasteiger partial charge in [0.25, 0.3) is 0 Å². The molecule has 0 fully saturated rings. The van der Waals surface area contributed by atoms with E-state index >= 15 is 0 Å². The van der Waals surface area contributed by atoms with Crippen LogP contribution in [0, 0.1) is 13.8 Å². The van der Waals surface area contributed by atoms with Gasteiger partial charge in [-0.2, -0.15) is 0 Å². The van der Waals surface area contributed by atoms with E-state index in [0.717, 1.165) is 29.2 Å². The number of halogens is 1. The first-order valence-electron chi connectivity index (χ1n) is 7.22. The number of ether oxygens (including phenoxy) is 1. The first-order chi connectivity index (χ1) is 9.95. The van der Waals surface area contributed by atoms with Crippen molar-refractivity contribution >= 4 is 11.6 Å². The molecule has 0 saturated carbocycles. The Kier molecular flexibility index (Phi) is 5.27. The zero-order valence-electron chi connectivity index (χ0n) is 13.0. The van der Waals surface area contributed by atoms with Gasteiger partial charge in [-0.25, -0.2) is 0 Å². The molecule has 0 atom stereocenters. The SMILES string of the molecule is Cc1cc(CNC(C)C)ccc1Oc1cc(Cl)ccc1C. The monoisotopic (exact) mass is 303 g/mol. The molecular weight excluding hydrogens is 282 g/mol. The minimum Gasteiger partial charge on any atom is -0.457 e. The summed E-state index contributed by atoms with van der Waals surface area (Å²) in [6.07, 6.45) is 0. The van der Waals surface area contributed by atoms with E-state index in [1.807, 2.05) is 31.2 Å². The van der Waals surface area contributed by atoms with Gasteiger partial charge in [-0.1, -0.05) is 43.6 Å². The maximum Gasteiger partial charge on any atom is 0.131 e. The van der Waals surface area contributed by atoms with Crippen molar-refractivity contribution in [2.24, 2.45) is 0 Å². The lowest BCUT2D eigenvalue weighted by atomic mass is 10.1. The van der Waals surface area contributed by atoms with Gasteiger partial charge in [0.2, 0.25) is 0 Å². The van der Waals surface area contributed by atoms with E-state index in [2.05, 4.69) is 38.2 Å². The average molecular weight is 304 g/mol. The van der Waals surface area contributed by atoms with Crippen LogP contribution in [0.3, 0.4) is 0 Å². The minimum absolute atomic E-state index is 0.482. The first kappa shape index (κ1) is 15.9. The van der Waals surface area contributed by atoms with Crippen LogP contribution < -0.4 is 10.1 Å². The van der Waals surface area contributed by atoms with Crippen LogP contribution in [0.4, 0.5) is 0 Å². The van der Waals surface area contributed by atoms with E-state index in [1.54, 1.807) is 0 Å². The van der Waals surface area contributed by atoms with Gasteiger partial charge in [0.15, 0.2) is 0 Å². The van der Waals surface area contributed by atoms with Crippen molar-refractivity contribution in [2.75, 3.05) is 0 Å². The molecule has 112 valence electrons. The van der Waals surface area contributed by atoms with Gasteiger partial charge < -0.3 is 10.1 Å². The Balaban J connectivity index is 2.15. The molecule has 0 spiro atoms. The summed E-state index contributed by atoms with van der Waals surface area (Å²) in [6.45, 7) is 9.24. The molecule has 2 nitrogen and oxygen atoms in total. The Labute approximate surface area is 132 Å². The molecule has 2 rings (SSSR count). The Morgan fingerprint density at radius 2 is 1.76 bits per heavy atom. The molecule has 0 heterocycles. The molecule has 0 aliphatic heterocycles. The lowest BCUT2D eigenvalue weighted by Gasteiger charge is -2.13. The summed E-state index contributed by atoms with van der Waals surface area (Å²) in [5.74, 6) is 1.67. The summed E-state index contributed by atoms with van der Waals surface area (Å²) in [5, 5.41) is 4.10. The van der Waals surface area contributed by atoms with Crippen molar-refractivity contribution in [3.63, 3.8) is 0 Å². The van der Waals surface area contributed by atoms with Crippen LogP contribution in [0.15, 0.2) is 36.4 Å². The van der Waals surface area contributed by atoms with Crippen molar-refractivity contribution < 1.29 is 4.74 Å². The Bertz CT molecular complexity index is 623. The zero-order valence-corrected chi connectivity index (χ0v) is 13.8. The molecule has 0 saturated heterocycles. The third-order valence-corrected chi connectivity index (χ3v) is 3.56. The molecule has 2 aromatic rings. The van der Waals surface area contributed by atoms with Crippen molar-refractivity contribution in [3.8, 4) is 11.5 Å². The maximum absolute atomic E-state index is 6.03. The molecule has 0 aromatic heterocycles. The van der Waals surface area contributed by atoms with E-state index in [0.29, 0.717) is 11.1 Å². The second-order valence-corrected chi connectivity index (χ2v) is 6.08. The molecule has 0 unspecified atom stereocenters. The second-order valence-electron chi connectivity index (χ2n) is 5.65. The summed E-state index contributed by atoms with van der Waals surface area (Å²) < 4.78 is 6.00. The van der Waals surface area contributed by atoms with E-state index in [4.69, 9.17) is 16.3 Å². The lowest BCUT2D eigenvalue weighted by molar-refractivity contribution is 0.474. The third kappa shape index (κ3) is 4.48. The third-order valence-electron chi connectivity index (χ3n) is 3.32. The highest BCUT2D eigenvalue weighted by molar-refractivity contribution is 6.30. The number of hydrogen-bond acceptors (Lipinski definition) is 2. The van der Waals surface area contributed by atoms with Gasteiger partial charge in [-0.05, 0) is 48.7 Å². The van der Waals surface area contributed by atoms with Crippen LogP contribution in [0.2, 0.25) is 5.02 Å². The van der Waals surface area contributed by atoms with Gasteiger partial charge in [-0.15, -0.1) is 0 Å². The fourth-order valence-electron chi connectivity index (χ4n) is 2.06.